The molecule has 0 aliphatic rings. The lowest BCUT2D eigenvalue weighted by Crippen LogP contribution is -2.29. The third kappa shape index (κ3) is 2.42. The number of amides is 2. The van der Waals surface area contributed by atoms with Crippen molar-refractivity contribution in [2.24, 2.45) is 4.99 Å². The van der Waals surface area contributed by atoms with Crippen LogP contribution in [-0.2, 0) is 9.59 Å². The SMILES string of the molecule is CC(=O)N=c1sc2ccccc2n1NC(C)=O. The molecule has 0 atom stereocenters. The number of nitrogens with zero attached hydrogens (tertiary/aromatic N) is 2. The average Bonchev–Trinajstić information content (AvgIpc) is 2.55. The van der Waals surface area contributed by atoms with E-state index in [9.17, 15) is 9.59 Å². The summed E-state index contributed by atoms with van der Waals surface area (Å²) >= 11 is 1.35. The summed E-state index contributed by atoms with van der Waals surface area (Å²) in [4.78, 5) is 26.5. The molecule has 1 aromatic heterocycles. The predicted octanol–water partition coefficient (Wildman–Crippen LogP) is 1.24. The number of rotatable bonds is 1. The Bertz CT molecular complexity index is 654. The summed E-state index contributed by atoms with van der Waals surface area (Å²) < 4.78 is 2.49. The Morgan fingerprint density at radius 1 is 1.29 bits per heavy atom. The smallest absolute Gasteiger partial charge is 0.245 e. The lowest BCUT2D eigenvalue weighted by atomic mass is 10.3. The van der Waals surface area contributed by atoms with Crippen LogP contribution in [0.5, 0.6) is 0 Å². The highest BCUT2D eigenvalue weighted by Crippen LogP contribution is 2.15. The van der Waals surface area contributed by atoms with Gasteiger partial charge in [0.1, 0.15) is 0 Å². The van der Waals surface area contributed by atoms with Gasteiger partial charge in [0.05, 0.1) is 10.2 Å². The van der Waals surface area contributed by atoms with Crippen LogP contribution in [0.15, 0.2) is 29.3 Å². The highest BCUT2D eigenvalue weighted by Gasteiger charge is 2.06. The van der Waals surface area contributed by atoms with E-state index in [2.05, 4.69) is 10.4 Å². The molecule has 0 spiro atoms. The van der Waals surface area contributed by atoms with Crippen LogP contribution in [0, 0.1) is 0 Å². The van der Waals surface area contributed by atoms with Crippen molar-refractivity contribution in [1.29, 1.82) is 0 Å². The molecule has 0 radical (unpaired) electrons. The Kier molecular flexibility index (Phi) is 3.06. The first-order valence-corrected chi connectivity index (χ1v) is 5.83. The van der Waals surface area contributed by atoms with Gasteiger partial charge in [0.25, 0.3) is 0 Å². The van der Waals surface area contributed by atoms with Crippen molar-refractivity contribution in [2.45, 2.75) is 13.8 Å². The number of aromatic nitrogens is 1. The number of carbonyl (C=O) groups excluding carboxylic acids is 2. The van der Waals surface area contributed by atoms with Crippen LogP contribution < -0.4 is 10.2 Å². The van der Waals surface area contributed by atoms with Crippen LogP contribution in [0.4, 0.5) is 0 Å². The van der Waals surface area contributed by atoms with E-state index in [1.165, 1.54) is 29.9 Å². The molecule has 6 heteroatoms. The normalized spacial score (nSPS) is 11.8. The molecule has 88 valence electrons. The summed E-state index contributed by atoms with van der Waals surface area (Å²) in [6, 6.07) is 7.54. The van der Waals surface area contributed by atoms with Crippen LogP contribution >= 0.6 is 11.3 Å². The van der Waals surface area contributed by atoms with Crippen LogP contribution in [0.25, 0.3) is 10.2 Å². The average molecular weight is 249 g/mol. The third-order valence-electron chi connectivity index (χ3n) is 2.02. The molecule has 1 heterocycles. The predicted molar refractivity (Wildman–Crippen MR) is 66.1 cm³/mol. The monoisotopic (exact) mass is 249 g/mol. The fourth-order valence-corrected chi connectivity index (χ4v) is 2.46. The topological polar surface area (TPSA) is 63.5 Å². The highest BCUT2D eigenvalue weighted by atomic mass is 32.1. The molecule has 0 fully saturated rings. The van der Waals surface area contributed by atoms with Gasteiger partial charge in [0.15, 0.2) is 0 Å². The molecule has 0 saturated carbocycles. The van der Waals surface area contributed by atoms with Crippen LogP contribution in [0.1, 0.15) is 13.8 Å². The number of para-hydroxylation sites is 1. The van der Waals surface area contributed by atoms with Gasteiger partial charge in [-0.05, 0) is 12.1 Å². The lowest BCUT2D eigenvalue weighted by molar-refractivity contribution is -0.116. The van der Waals surface area contributed by atoms with Gasteiger partial charge in [-0.15, -0.1) is 0 Å². The van der Waals surface area contributed by atoms with Crippen molar-refractivity contribution in [3.8, 4) is 0 Å². The quantitative estimate of drug-likeness (QED) is 0.826. The molecular weight excluding hydrogens is 238 g/mol. The van der Waals surface area contributed by atoms with Crippen LogP contribution in [0.3, 0.4) is 0 Å². The van der Waals surface area contributed by atoms with Gasteiger partial charge in [0.2, 0.25) is 16.6 Å². The van der Waals surface area contributed by atoms with Gasteiger partial charge in [-0.1, -0.05) is 23.5 Å². The van der Waals surface area contributed by atoms with E-state index in [0.717, 1.165) is 10.2 Å². The van der Waals surface area contributed by atoms with Gasteiger partial charge >= 0.3 is 0 Å². The van der Waals surface area contributed by atoms with E-state index in [-0.39, 0.29) is 11.8 Å². The molecule has 2 aromatic rings. The molecule has 0 saturated heterocycles. The molecule has 5 nitrogen and oxygen atoms in total. The number of hydrogen-bond acceptors (Lipinski definition) is 3. The summed E-state index contributed by atoms with van der Waals surface area (Å²) in [5, 5.41) is 0. The van der Waals surface area contributed by atoms with Crippen molar-refractivity contribution in [3.63, 3.8) is 0 Å². The molecule has 0 aliphatic heterocycles. The summed E-state index contributed by atoms with van der Waals surface area (Å²) in [5.41, 5.74) is 3.47. The van der Waals surface area contributed by atoms with Crippen molar-refractivity contribution in [3.05, 3.63) is 29.1 Å². The van der Waals surface area contributed by atoms with Crippen LogP contribution in [-0.4, -0.2) is 16.5 Å². The fraction of sp³-hybridized carbons (Fsp3) is 0.182. The fourth-order valence-electron chi connectivity index (χ4n) is 1.45. The maximum absolute atomic E-state index is 11.1. The highest BCUT2D eigenvalue weighted by molar-refractivity contribution is 7.16. The van der Waals surface area contributed by atoms with Gasteiger partial charge in [-0.25, -0.2) is 4.68 Å². The second-order valence-corrected chi connectivity index (χ2v) is 4.50. The minimum atomic E-state index is -0.296. The largest absolute Gasteiger partial charge is 0.274 e. The molecule has 0 unspecified atom stereocenters. The van der Waals surface area contributed by atoms with Crippen molar-refractivity contribution >= 4 is 33.4 Å². The number of thiazole rings is 1. The Balaban J connectivity index is 2.73. The first-order chi connectivity index (χ1) is 8.08. The zero-order valence-electron chi connectivity index (χ0n) is 9.43. The molecule has 2 rings (SSSR count). The first kappa shape index (κ1) is 11.5. The Labute approximate surface area is 101 Å². The van der Waals surface area contributed by atoms with Crippen LogP contribution in [0.2, 0.25) is 0 Å². The number of carbonyl (C=O) groups is 2. The van der Waals surface area contributed by atoms with Crippen molar-refractivity contribution < 1.29 is 9.59 Å². The number of fused-ring (bicyclic) bond motifs is 1. The maximum Gasteiger partial charge on any atom is 0.245 e. The van der Waals surface area contributed by atoms with E-state index in [1.807, 2.05) is 24.3 Å². The van der Waals surface area contributed by atoms with E-state index in [4.69, 9.17) is 0 Å². The number of benzene rings is 1. The summed E-state index contributed by atoms with van der Waals surface area (Å²) in [5.74, 6) is -0.505. The van der Waals surface area contributed by atoms with E-state index < -0.39 is 0 Å². The molecule has 1 N–H and O–H groups in total. The van der Waals surface area contributed by atoms with E-state index in [1.54, 1.807) is 0 Å². The first-order valence-electron chi connectivity index (χ1n) is 5.01. The molecule has 17 heavy (non-hydrogen) atoms. The minimum absolute atomic E-state index is 0.210. The Hall–Kier alpha value is -1.95. The molecule has 2 amide bonds. The lowest BCUT2D eigenvalue weighted by Gasteiger charge is -2.03. The Morgan fingerprint density at radius 2 is 2.00 bits per heavy atom. The number of hydrogen-bond donors (Lipinski definition) is 1. The third-order valence-corrected chi connectivity index (χ3v) is 3.04. The molecule has 0 aliphatic carbocycles. The zero-order chi connectivity index (χ0) is 12.4. The van der Waals surface area contributed by atoms with Gasteiger partial charge < -0.3 is 0 Å². The van der Waals surface area contributed by atoms with E-state index >= 15 is 0 Å². The van der Waals surface area contributed by atoms with Crippen molar-refractivity contribution in [1.82, 2.24) is 4.68 Å². The standard InChI is InChI=1S/C11H11N3O2S/c1-7(15)12-11-14(13-8(2)16)9-5-3-4-6-10(9)17-11/h3-6H,1-2H3,(H,13,16). The van der Waals surface area contributed by atoms with Gasteiger partial charge in [-0.2, -0.15) is 4.99 Å². The molecular formula is C11H11N3O2S. The summed E-state index contributed by atoms with van der Waals surface area (Å²) in [6.45, 7) is 2.79. The minimum Gasteiger partial charge on any atom is -0.274 e. The van der Waals surface area contributed by atoms with E-state index in [0.29, 0.717) is 4.80 Å². The van der Waals surface area contributed by atoms with Crippen molar-refractivity contribution in [2.75, 3.05) is 5.43 Å². The summed E-state index contributed by atoms with van der Waals surface area (Å²) in [6.07, 6.45) is 0. The second kappa shape index (κ2) is 4.50. The number of nitrogens with one attached hydrogen (secondary N) is 1. The maximum atomic E-state index is 11.1. The zero-order valence-corrected chi connectivity index (χ0v) is 10.2. The summed E-state index contributed by atoms with van der Waals surface area (Å²) in [7, 11) is 0. The molecule has 0 bridgehead atoms. The Morgan fingerprint density at radius 3 is 2.65 bits per heavy atom. The van der Waals surface area contributed by atoms with Gasteiger partial charge in [0, 0.05) is 13.8 Å². The second-order valence-electron chi connectivity index (χ2n) is 3.49. The van der Waals surface area contributed by atoms with Gasteiger partial charge in [-0.3, -0.25) is 15.0 Å². The molecule has 1 aromatic carbocycles.